The molecular weight excluding hydrogens is 88.1 g/mol. The molecule has 0 spiro atoms. The van der Waals surface area contributed by atoms with Crippen molar-refractivity contribution in [1.82, 2.24) is 4.90 Å². The molecule has 0 aliphatic rings. The molecule has 2 heteroatoms. The smallest absolute Gasteiger partial charge is 0.0431 e. The van der Waals surface area contributed by atoms with Crippen LogP contribution in [0.15, 0.2) is 0 Å². The third-order valence-corrected chi connectivity index (χ3v) is 0.572. The molecule has 0 rings (SSSR count). The molecule has 0 amide bonds. The quantitative estimate of drug-likeness (QED) is 0.541. The van der Waals surface area contributed by atoms with Gasteiger partial charge in [0.2, 0.25) is 0 Å². The van der Waals surface area contributed by atoms with Gasteiger partial charge in [-0.1, -0.05) is 0 Å². The molecule has 0 aliphatic heterocycles. The van der Waals surface area contributed by atoms with Gasteiger partial charge in [0.05, 0.1) is 0 Å². The van der Waals surface area contributed by atoms with E-state index in [0.717, 1.165) is 0 Å². The average Bonchev–Trinajstić information content (AvgIpc) is 1.65. The maximum atomic E-state index is 7.29. The normalized spacial score (nSPS) is 16.6. The first-order valence-electron chi connectivity index (χ1n) is 3.38. The molecule has 0 saturated carbocycles. The van der Waals surface area contributed by atoms with Gasteiger partial charge in [-0.3, -0.25) is 0 Å². The highest BCUT2D eigenvalue weighted by Crippen LogP contribution is 1.76. The molecule has 0 aromatic heterocycles. The second kappa shape index (κ2) is 4.09. The first kappa shape index (κ1) is 3.87. The van der Waals surface area contributed by atoms with Gasteiger partial charge >= 0.3 is 0 Å². The third kappa shape index (κ3) is 5.92. The molecule has 0 aliphatic carbocycles. The minimum atomic E-state index is -1.24. The van der Waals surface area contributed by atoms with Crippen LogP contribution in [0.25, 0.3) is 0 Å². The maximum Gasteiger partial charge on any atom is 0.0431 e. The minimum absolute atomic E-state index is 0.389. The van der Waals surface area contributed by atoms with Crippen LogP contribution >= 0.6 is 0 Å². The van der Waals surface area contributed by atoms with E-state index in [1.54, 1.807) is 14.1 Å². The predicted molar refractivity (Wildman–Crippen MR) is 32.2 cm³/mol. The van der Waals surface area contributed by atoms with Crippen LogP contribution in [0.5, 0.6) is 0 Å². The monoisotopic (exact) mass is 104 g/mol. The van der Waals surface area contributed by atoms with Gasteiger partial charge in [0.25, 0.3) is 0 Å². The zero-order valence-corrected chi connectivity index (χ0v) is 4.94. The van der Waals surface area contributed by atoms with Gasteiger partial charge < -0.3 is 10.6 Å². The second-order valence-corrected chi connectivity index (χ2v) is 1.59. The van der Waals surface area contributed by atoms with E-state index in [9.17, 15) is 0 Å². The van der Waals surface area contributed by atoms with Crippen molar-refractivity contribution in [2.75, 3.05) is 27.1 Å². The first-order chi connectivity index (χ1) is 4.00. The highest BCUT2D eigenvalue weighted by atomic mass is 15.0. The van der Waals surface area contributed by atoms with Gasteiger partial charge in [0.15, 0.2) is 0 Å². The lowest BCUT2D eigenvalue weighted by atomic mass is 10.4. The Labute approximate surface area is 48.1 Å². The molecule has 2 N–H and O–H groups in total. The molecule has 0 fully saturated rings. The molecule has 7 heavy (non-hydrogen) atoms. The number of rotatable bonds is 3. The Bertz CT molecular complexity index is 83.0. The molecule has 0 saturated heterocycles. The van der Waals surface area contributed by atoms with Crippen LogP contribution in [0, 0.1) is 0 Å². The summed E-state index contributed by atoms with van der Waals surface area (Å²) >= 11 is 0. The van der Waals surface area contributed by atoms with Gasteiger partial charge in [-0.15, -0.1) is 0 Å². The summed E-state index contributed by atoms with van der Waals surface area (Å²) in [4.78, 5) is 1.53. The van der Waals surface area contributed by atoms with Crippen molar-refractivity contribution in [2.24, 2.45) is 5.73 Å². The Kier molecular flexibility index (Phi) is 2.26. The molecule has 0 heterocycles. The van der Waals surface area contributed by atoms with E-state index >= 15 is 0 Å². The van der Waals surface area contributed by atoms with E-state index in [2.05, 4.69) is 0 Å². The number of hydrogen-bond acceptors (Lipinski definition) is 2. The summed E-state index contributed by atoms with van der Waals surface area (Å²) in [6, 6.07) is 0. The molecule has 2 nitrogen and oxygen atoms in total. The Morgan fingerprint density at radius 1 is 1.71 bits per heavy atom. The van der Waals surface area contributed by atoms with Crippen molar-refractivity contribution in [3.63, 3.8) is 0 Å². The molecule has 0 unspecified atom stereocenters. The molecule has 0 aromatic carbocycles. The SMILES string of the molecule is [2H]C([2H])(CCN)N(C)C. The van der Waals surface area contributed by atoms with Crippen LogP contribution in [0.4, 0.5) is 0 Å². The van der Waals surface area contributed by atoms with Crippen LogP contribution in [0.2, 0.25) is 0 Å². The third-order valence-electron chi connectivity index (χ3n) is 0.572. The van der Waals surface area contributed by atoms with Crippen LogP contribution in [-0.4, -0.2) is 32.0 Å². The van der Waals surface area contributed by atoms with Crippen LogP contribution in [0.3, 0.4) is 0 Å². The van der Waals surface area contributed by atoms with Gasteiger partial charge in [0.1, 0.15) is 0 Å². The van der Waals surface area contributed by atoms with Gasteiger partial charge in [-0.2, -0.15) is 0 Å². The van der Waals surface area contributed by atoms with E-state index in [4.69, 9.17) is 8.48 Å². The molecule has 0 radical (unpaired) electrons. The van der Waals surface area contributed by atoms with Crippen molar-refractivity contribution >= 4 is 0 Å². The van der Waals surface area contributed by atoms with Gasteiger partial charge in [0, 0.05) is 2.74 Å². The molecule has 44 valence electrons. The van der Waals surface area contributed by atoms with E-state index in [1.807, 2.05) is 0 Å². The van der Waals surface area contributed by atoms with Crippen LogP contribution in [0.1, 0.15) is 9.16 Å². The average molecular weight is 104 g/mol. The van der Waals surface area contributed by atoms with Crippen molar-refractivity contribution in [1.29, 1.82) is 0 Å². The fourth-order valence-electron chi connectivity index (χ4n) is 0.288. The highest BCUT2D eigenvalue weighted by molar-refractivity contribution is 4.42. The number of nitrogens with zero attached hydrogens (tertiary/aromatic N) is 1. The van der Waals surface area contributed by atoms with Crippen molar-refractivity contribution in [3.8, 4) is 0 Å². The topological polar surface area (TPSA) is 29.3 Å². The predicted octanol–water partition coefficient (Wildman–Crippen LogP) is -0.103. The fraction of sp³-hybridized carbons (Fsp3) is 1.00. The number of nitrogens with two attached hydrogens (primary N) is 1. The summed E-state index contributed by atoms with van der Waals surface area (Å²) < 4.78 is 14.6. The number of hydrogen-bond donors (Lipinski definition) is 1. The minimum Gasteiger partial charge on any atom is -0.330 e. The molecule has 0 bridgehead atoms. The first-order valence-corrected chi connectivity index (χ1v) is 2.38. The summed E-state index contributed by atoms with van der Waals surface area (Å²) in [7, 11) is 3.41. The summed E-state index contributed by atoms with van der Waals surface area (Å²) in [5, 5.41) is 0. The summed E-state index contributed by atoms with van der Waals surface area (Å²) in [6.07, 6.45) is 0.389. The van der Waals surface area contributed by atoms with E-state index in [0.29, 0.717) is 13.0 Å². The van der Waals surface area contributed by atoms with Crippen LogP contribution in [-0.2, 0) is 0 Å². The second-order valence-electron chi connectivity index (χ2n) is 1.59. The van der Waals surface area contributed by atoms with Crippen molar-refractivity contribution < 1.29 is 2.74 Å². The van der Waals surface area contributed by atoms with Crippen molar-refractivity contribution in [2.45, 2.75) is 6.42 Å². The molecule has 0 aromatic rings. The molecule has 0 atom stereocenters. The maximum absolute atomic E-state index is 7.29. The lowest BCUT2D eigenvalue weighted by Crippen LogP contribution is -2.16. The summed E-state index contributed by atoms with van der Waals surface area (Å²) in [5.74, 6) is 0. The van der Waals surface area contributed by atoms with E-state index in [-0.39, 0.29) is 0 Å². The van der Waals surface area contributed by atoms with E-state index in [1.165, 1.54) is 4.90 Å². The van der Waals surface area contributed by atoms with Gasteiger partial charge in [-0.05, 0) is 33.6 Å². The molecular formula is C5H14N2. The zero-order chi connectivity index (χ0) is 7.49. The summed E-state index contributed by atoms with van der Waals surface area (Å²) in [5.41, 5.74) is 5.19. The van der Waals surface area contributed by atoms with E-state index < -0.39 is 6.50 Å². The summed E-state index contributed by atoms with van der Waals surface area (Å²) in [6.45, 7) is -0.847. The van der Waals surface area contributed by atoms with Crippen LogP contribution < -0.4 is 5.73 Å². The standard InChI is InChI=1S/C5H14N2/c1-7(2)5-3-4-6/h3-6H2,1-2H3/i5D2. The lowest BCUT2D eigenvalue weighted by Gasteiger charge is -2.05. The Morgan fingerprint density at radius 2 is 2.29 bits per heavy atom. The fourth-order valence-corrected chi connectivity index (χ4v) is 0.288. The zero-order valence-electron chi connectivity index (χ0n) is 6.94. The lowest BCUT2D eigenvalue weighted by molar-refractivity contribution is 0.403. The van der Waals surface area contributed by atoms with Crippen molar-refractivity contribution in [3.05, 3.63) is 0 Å². The highest BCUT2D eigenvalue weighted by Gasteiger charge is 1.83. The Hall–Kier alpha value is -0.0800. The Morgan fingerprint density at radius 3 is 2.43 bits per heavy atom. The Balaban J connectivity index is 3.70. The van der Waals surface area contributed by atoms with Gasteiger partial charge in [-0.25, -0.2) is 0 Å². The largest absolute Gasteiger partial charge is 0.330 e.